The number of nitrogens with one attached hydrogen (secondary N) is 1. The zero-order valence-corrected chi connectivity index (χ0v) is 9.31. The molecule has 16 heavy (non-hydrogen) atoms. The van der Waals surface area contributed by atoms with Crippen molar-refractivity contribution in [2.24, 2.45) is 0 Å². The van der Waals surface area contributed by atoms with Crippen molar-refractivity contribution in [3.63, 3.8) is 0 Å². The Labute approximate surface area is 93.5 Å². The van der Waals surface area contributed by atoms with E-state index in [0.717, 1.165) is 10.8 Å². The van der Waals surface area contributed by atoms with E-state index in [-0.39, 0.29) is 0 Å². The predicted octanol–water partition coefficient (Wildman–Crippen LogP) is 1.21. The Morgan fingerprint density at radius 3 is 2.94 bits per heavy atom. The molecule has 0 aliphatic heterocycles. The fraction of sp³-hybridized carbons (Fsp3) is 0.364. The van der Waals surface area contributed by atoms with E-state index in [9.17, 15) is 5.11 Å². The highest BCUT2D eigenvalue weighted by Crippen LogP contribution is 2.18. The monoisotopic (exact) mass is 218 g/mol. The number of rotatable bonds is 3. The lowest BCUT2D eigenvalue weighted by molar-refractivity contribution is 0.0944. The first-order valence-corrected chi connectivity index (χ1v) is 5.08. The molecule has 0 aliphatic carbocycles. The molecule has 0 saturated heterocycles. The summed E-state index contributed by atoms with van der Waals surface area (Å²) in [6.45, 7) is 3.88. The molecule has 0 atom stereocenters. The molecule has 2 rings (SSSR count). The van der Waals surface area contributed by atoms with Crippen molar-refractivity contribution >= 4 is 16.6 Å². The first-order chi connectivity index (χ1) is 7.56. The van der Waals surface area contributed by atoms with Gasteiger partial charge in [0.1, 0.15) is 0 Å². The number of nitrogens with zero attached hydrogens (tertiary/aromatic N) is 3. The lowest BCUT2D eigenvalue weighted by Gasteiger charge is -2.18. The third-order valence-electron chi connectivity index (χ3n) is 2.15. The summed E-state index contributed by atoms with van der Waals surface area (Å²) in [6, 6.07) is 1.87. The number of hydrogen-bond donors (Lipinski definition) is 2. The molecule has 2 aromatic rings. The van der Waals surface area contributed by atoms with Crippen molar-refractivity contribution in [2.45, 2.75) is 19.4 Å². The summed E-state index contributed by atoms with van der Waals surface area (Å²) in [7, 11) is 0. The van der Waals surface area contributed by atoms with Crippen LogP contribution >= 0.6 is 0 Å². The molecular weight excluding hydrogens is 204 g/mol. The van der Waals surface area contributed by atoms with Crippen LogP contribution in [0.25, 0.3) is 10.8 Å². The van der Waals surface area contributed by atoms with E-state index in [1.165, 1.54) is 0 Å². The van der Waals surface area contributed by atoms with Gasteiger partial charge in [-0.25, -0.2) is 0 Å². The van der Waals surface area contributed by atoms with Crippen LogP contribution in [0, 0.1) is 0 Å². The van der Waals surface area contributed by atoms with Gasteiger partial charge in [0.15, 0.2) is 5.82 Å². The molecule has 0 fully saturated rings. The van der Waals surface area contributed by atoms with E-state index < -0.39 is 5.60 Å². The minimum Gasteiger partial charge on any atom is -0.389 e. The second-order valence-corrected chi connectivity index (χ2v) is 4.32. The van der Waals surface area contributed by atoms with Gasteiger partial charge in [0, 0.05) is 29.7 Å². The number of fused-ring (bicyclic) bond motifs is 1. The van der Waals surface area contributed by atoms with E-state index >= 15 is 0 Å². The number of pyridine rings is 1. The Balaban J connectivity index is 2.30. The fourth-order valence-electron chi connectivity index (χ4n) is 1.35. The standard InChI is InChI=1S/C11H14N4O/c1-11(2,16)7-13-10-9-6-12-4-3-8(9)5-14-15-10/h3-6,16H,7H2,1-2H3,(H,13,15). The lowest BCUT2D eigenvalue weighted by Crippen LogP contribution is -2.29. The predicted molar refractivity (Wildman–Crippen MR) is 62.1 cm³/mol. The van der Waals surface area contributed by atoms with Crippen molar-refractivity contribution in [3.05, 3.63) is 24.7 Å². The molecule has 0 aliphatic rings. The molecule has 0 radical (unpaired) electrons. The first-order valence-electron chi connectivity index (χ1n) is 5.08. The Kier molecular flexibility index (Phi) is 2.70. The van der Waals surface area contributed by atoms with Crippen LogP contribution in [0.1, 0.15) is 13.8 Å². The van der Waals surface area contributed by atoms with Gasteiger partial charge < -0.3 is 10.4 Å². The van der Waals surface area contributed by atoms with Crippen molar-refractivity contribution in [1.82, 2.24) is 15.2 Å². The number of aliphatic hydroxyl groups is 1. The highest BCUT2D eigenvalue weighted by atomic mass is 16.3. The summed E-state index contributed by atoms with van der Waals surface area (Å²) in [6.07, 6.45) is 5.13. The molecule has 84 valence electrons. The molecule has 2 heterocycles. The molecular formula is C11H14N4O. The van der Waals surface area contributed by atoms with Gasteiger partial charge in [0.2, 0.25) is 0 Å². The van der Waals surface area contributed by atoms with Crippen LogP contribution in [0.4, 0.5) is 5.82 Å². The summed E-state index contributed by atoms with van der Waals surface area (Å²) in [5.41, 5.74) is -0.786. The topological polar surface area (TPSA) is 70.9 Å². The molecule has 0 spiro atoms. The largest absolute Gasteiger partial charge is 0.389 e. The Hall–Kier alpha value is -1.75. The molecule has 2 aromatic heterocycles. The molecule has 5 nitrogen and oxygen atoms in total. The summed E-state index contributed by atoms with van der Waals surface area (Å²) in [4.78, 5) is 4.05. The van der Waals surface area contributed by atoms with Gasteiger partial charge in [0.05, 0.1) is 11.8 Å². The van der Waals surface area contributed by atoms with Crippen molar-refractivity contribution in [3.8, 4) is 0 Å². The molecule has 2 N–H and O–H groups in total. The van der Waals surface area contributed by atoms with Crippen LogP contribution in [-0.2, 0) is 0 Å². The van der Waals surface area contributed by atoms with Gasteiger partial charge in [-0.05, 0) is 19.9 Å². The van der Waals surface area contributed by atoms with Gasteiger partial charge in [-0.2, -0.15) is 5.10 Å². The van der Waals surface area contributed by atoms with Crippen LogP contribution in [0.5, 0.6) is 0 Å². The molecule has 5 heteroatoms. The lowest BCUT2D eigenvalue weighted by atomic mass is 10.1. The van der Waals surface area contributed by atoms with Gasteiger partial charge >= 0.3 is 0 Å². The van der Waals surface area contributed by atoms with Crippen molar-refractivity contribution in [2.75, 3.05) is 11.9 Å². The smallest absolute Gasteiger partial charge is 0.158 e. The second-order valence-electron chi connectivity index (χ2n) is 4.32. The highest BCUT2D eigenvalue weighted by molar-refractivity contribution is 5.89. The second kappa shape index (κ2) is 4.02. The van der Waals surface area contributed by atoms with Crippen molar-refractivity contribution in [1.29, 1.82) is 0 Å². The molecule has 0 unspecified atom stereocenters. The van der Waals surface area contributed by atoms with E-state index in [0.29, 0.717) is 12.4 Å². The zero-order valence-electron chi connectivity index (χ0n) is 9.31. The van der Waals surface area contributed by atoms with Crippen LogP contribution in [0.3, 0.4) is 0 Å². The van der Waals surface area contributed by atoms with Gasteiger partial charge in [0.25, 0.3) is 0 Å². The first kappa shape index (κ1) is 10.8. The minimum atomic E-state index is -0.786. The molecule has 0 saturated carbocycles. The maximum absolute atomic E-state index is 9.62. The van der Waals surface area contributed by atoms with Gasteiger partial charge in [-0.15, -0.1) is 5.10 Å². The van der Waals surface area contributed by atoms with Crippen LogP contribution < -0.4 is 5.32 Å². The third kappa shape index (κ3) is 2.43. The van der Waals surface area contributed by atoms with E-state index in [4.69, 9.17) is 0 Å². The Morgan fingerprint density at radius 1 is 1.38 bits per heavy atom. The minimum absolute atomic E-state index is 0.412. The number of anilines is 1. The summed E-state index contributed by atoms with van der Waals surface area (Å²) < 4.78 is 0. The van der Waals surface area contributed by atoms with Crippen LogP contribution in [0.2, 0.25) is 0 Å². The Bertz CT molecular complexity index is 487. The molecule has 0 amide bonds. The number of aromatic nitrogens is 3. The SMILES string of the molecule is CC(C)(O)CNc1nncc2ccncc12. The maximum atomic E-state index is 9.62. The van der Waals surface area contributed by atoms with Crippen LogP contribution in [0.15, 0.2) is 24.7 Å². The summed E-state index contributed by atoms with van der Waals surface area (Å²) in [5.74, 6) is 0.646. The van der Waals surface area contributed by atoms with Gasteiger partial charge in [-0.3, -0.25) is 4.98 Å². The molecule has 0 bridgehead atoms. The summed E-state index contributed by atoms with van der Waals surface area (Å²) in [5, 5.41) is 22.5. The van der Waals surface area contributed by atoms with E-state index in [1.807, 2.05) is 6.07 Å². The number of hydrogen-bond acceptors (Lipinski definition) is 5. The van der Waals surface area contributed by atoms with Crippen LogP contribution in [-0.4, -0.2) is 32.4 Å². The van der Waals surface area contributed by atoms with Gasteiger partial charge in [-0.1, -0.05) is 0 Å². The quantitative estimate of drug-likeness (QED) is 0.810. The third-order valence-corrected chi connectivity index (χ3v) is 2.15. The maximum Gasteiger partial charge on any atom is 0.158 e. The normalized spacial score (nSPS) is 11.7. The van der Waals surface area contributed by atoms with E-state index in [2.05, 4.69) is 20.5 Å². The average molecular weight is 218 g/mol. The molecule has 0 aromatic carbocycles. The fourth-order valence-corrected chi connectivity index (χ4v) is 1.35. The Morgan fingerprint density at radius 2 is 2.19 bits per heavy atom. The van der Waals surface area contributed by atoms with E-state index in [1.54, 1.807) is 32.4 Å². The van der Waals surface area contributed by atoms with Crippen molar-refractivity contribution < 1.29 is 5.11 Å². The summed E-state index contributed by atoms with van der Waals surface area (Å²) >= 11 is 0. The zero-order chi connectivity index (χ0) is 11.6. The average Bonchev–Trinajstić information content (AvgIpc) is 2.25. The highest BCUT2D eigenvalue weighted by Gasteiger charge is 2.13.